The molecule has 0 aliphatic carbocycles. The zero-order chi connectivity index (χ0) is 20.5. The summed E-state index contributed by atoms with van der Waals surface area (Å²) in [6, 6.07) is 13.1. The van der Waals surface area contributed by atoms with Crippen LogP contribution in [0, 0.1) is 5.92 Å². The Labute approximate surface area is 171 Å². The van der Waals surface area contributed by atoms with E-state index in [4.69, 9.17) is 17.3 Å². The molecule has 1 aromatic heterocycles. The van der Waals surface area contributed by atoms with E-state index in [1.165, 1.54) is 0 Å². The Morgan fingerprint density at radius 1 is 1.14 bits per heavy atom. The third-order valence-electron chi connectivity index (χ3n) is 4.81. The SMILES string of the molecule is CCS(=O)(=O)Nc1ccc(-c2c(N)c3cc(Cl)ccc3n2CCC(C)C)cc1. The number of halogens is 1. The number of nitrogens with zero attached hydrogens (tertiary/aromatic N) is 1. The van der Waals surface area contributed by atoms with Crippen molar-refractivity contribution in [2.45, 2.75) is 33.7 Å². The van der Waals surface area contributed by atoms with Gasteiger partial charge in [-0.3, -0.25) is 4.72 Å². The van der Waals surface area contributed by atoms with Crippen molar-refractivity contribution in [3.63, 3.8) is 0 Å². The number of anilines is 2. The van der Waals surface area contributed by atoms with Gasteiger partial charge in [0, 0.05) is 28.2 Å². The molecular weight excluding hydrogens is 394 g/mol. The van der Waals surface area contributed by atoms with Crippen LogP contribution in [0.15, 0.2) is 42.5 Å². The van der Waals surface area contributed by atoms with Gasteiger partial charge in [0.25, 0.3) is 0 Å². The van der Waals surface area contributed by atoms with E-state index in [1.54, 1.807) is 19.1 Å². The Bertz CT molecular complexity index is 1090. The molecule has 0 saturated heterocycles. The summed E-state index contributed by atoms with van der Waals surface area (Å²) in [5.41, 5.74) is 10.7. The second kappa shape index (κ2) is 8.05. The van der Waals surface area contributed by atoms with Crippen LogP contribution in [0.1, 0.15) is 27.2 Å². The first kappa shape index (κ1) is 20.6. The van der Waals surface area contributed by atoms with E-state index < -0.39 is 10.0 Å². The number of hydrogen-bond acceptors (Lipinski definition) is 3. The minimum Gasteiger partial charge on any atom is -0.396 e. The van der Waals surface area contributed by atoms with E-state index in [0.29, 0.717) is 22.3 Å². The molecule has 150 valence electrons. The molecule has 0 fully saturated rings. The van der Waals surface area contributed by atoms with Crippen LogP contribution in [0.3, 0.4) is 0 Å². The molecule has 7 heteroatoms. The molecule has 0 saturated carbocycles. The first-order chi connectivity index (χ1) is 13.2. The summed E-state index contributed by atoms with van der Waals surface area (Å²) in [6.07, 6.45) is 1.02. The van der Waals surface area contributed by atoms with Crippen LogP contribution in [0.25, 0.3) is 22.2 Å². The van der Waals surface area contributed by atoms with Crippen molar-refractivity contribution < 1.29 is 8.42 Å². The van der Waals surface area contributed by atoms with E-state index >= 15 is 0 Å². The molecular formula is C21H26ClN3O2S. The van der Waals surface area contributed by atoms with Crippen LogP contribution in [0.5, 0.6) is 0 Å². The van der Waals surface area contributed by atoms with Gasteiger partial charge in [0.15, 0.2) is 0 Å². The quantitative estimate of drug-likeness (QED) is 0.541. The summed E-state index contributed by atoms with van der Waals surface area (Å²) >= 11 is 6.19. The molecule has 0 bridgehead atoms. The number of sulfonamides is 1. The largest absolute Gasteiger partial charge is 0.396 e. The van der Waals surface area contributed by atoms with E-state index in [-0.39, 0.29) is 5.75 Å². The molecule has 0 spiro atoms. The van der Waals surface area contributed by atoms with E-state index in [0.717, 1.165) is 35.1 Å². The lowest BCUT2D eigenvalue weighted by Crippen LogP contribution is -2.14. The molecule has 0 unspecified atom stereocenters. The maximum Gasteiger partial charge on any atom is 0.232 e. The lowest BCUT2D eigenvalue weighted by atomic mass is 10.1. The van der Waals surface area contributed by atoms with Crippen molar-refractivity contribution in [3.8, 4) is 11.3 Å². The number of hydrogen-bond donors (Lipinski definition) is 2. The van der Waals surface area contributed by atoms with Crippen LogP contribution in [-0.2, 0) is 16.6 Å². The Morgan fingerprint density at radius 3 is 2.43 bits per heavy atom. The van der Waals surface area contributed by atoms with Crippen LogP contribution in [0.2, 0.25) is 5.02 Å². The summed E-state index contributed by atoms with van der Waals surface area (Å²) in [4.78, 5) is 0. The normalized spacial score (nSPS) is 12.0. The van der Waals surface area contributed by atoms with E-state index in [9.17, 15) is 8.42 Å². The van der Waals surface area contributed by atoms with Crippen LogP contribution in [0.4, 0.5) is 11.4 Å². The van der Waals surface area contributed by atoms with Gasteiger partial charge in [-0.2, -0.15) is 0 Å². The Morgan fingerprint density at radius 2 is 1.82 bits per heavy atom. The molecule has 1 heterocycles. The fourth-order valence-electron chi connectivity index (χ4n) is 3.23. The number of benzene rings is 2. The average Bonchev–Trinajstić information content (AvgIpc) is 2.92. The minimum absolute atomic E-state index is 0.0336. The molecule has 0 amide bonds. The topological polar surface area (TPSA) is 77.1 Å². The standard InChI is InChI=1S/C21H26ClN3O2S/c1-4-28(26,27)24-17-8-5-15(6-9-17)21-20(23)18-13-16(22)7-10-19(18)25(21)12-11-14(2)3/h5-10,13-14,24H,4,11-12,23H2,1-3H3. The molecule has 0 aliphatic rings. The molecule has 0 aliphatic heterocycles. The van der Waals surface area contributed by atoms with Crippen molar-refractivity contribution in [1.29, 1.82) is 0 Å². The number of nitrogens with one attached hydrogen (secondary N) is 1. The Balaban J connectivity index is 2.08. The summed E-state index contributed by atoms with van der Waals surface area (Å²) in [6.45, 7) is 6.84. The lowest BCUT2D eigenvalue weighted by molar-refractivity contribution is 0.527. The average molecular weight is 420 g/mol. The van der Waals surface area contributed by atoms with Gasteiger partial charge in [0.2, 0.25) is 10.0 Å². The van der Waals surface area contributed by atoms with Gasteiger partial charge >= 0.3 is 0 Å². The number of rotatable bonds is 7. The van der Waals surface area contributed by atoms with Crippen molar-refractivity contribution in [2.75, 3.05) is 16.2 Å². The highest BCUT2D eigenvalue weighted by molar-refractivity contribution is 7.92. The van der Waals surface area contributed by atoms with Gasteiger partial charge in [0.1, 0.15) is 0 Å². The number of nitrogen functional groups attached to an aromatic ring is 1. The van der Waals surface area contributed by atoms with Crippen LogP contribution in [-0.4, -0.2) is 18.7 Å². The fraction of sp³-hybridized carbons (Fsp3) is 0.333. The molecule has 0 atom stereocenters. The maximum absolute atomic E-state index is 11.8. The van der Waals surface area contributed by atoms with Gasteiger partial charge in [-0.05, 0) is 49.6 Å². The van der Waals surface area contributed by atoms with Gasteiger partial charge in [-0.1, -0.05) is 37.6 Å². The van der Waals surface area contributed by atoms with Crippen LogP contribution >= 0.6 is 11.6 Å². The predicted octanol–water partition coefficient (Wildman–Crippen LogP) is 5.35. The third kappa shape index (κ3) is 4.28. The predicted molar refractivity (Wildman–Crippen MR) is 119 cm³/mol. The first-order valence-electron chi connectivity index (χ1n) is 9.40. The number of nitrogens with two attached hydrogens (primary N) is 1. The molecule has 0 radical (unpaired) electrons. The third-order valence-corrected chi connectivity index (χ3v) is 6.35. The molecule has 28 heavy (non-hydrogen) atoms. The second-order valence-corrected chi connectivity index (χ2v) is 9.79. The van der Waals surface area contributed by atoms with Gasteiger partial charge in [-0.25, -0.2) is 8.42 Å². The number of aromatic nitrogens is 1. The molecule has 5 nitrogen and oxygen atoms in total. The lowest BCUT2D eigenvalue weighted by Gasteiger charge is -2.14. The zero-order valence-corrected chi connectivity index (χ0v) is 17.9. The summed E-state index contributed by atoms with van der Waals surface area (Å²) < 4.78 is 28.4. The smallest absolute Gasteiger partial charge is 0.232 e. The maximum atomic E-state index is 11.8. The summed E-state index contributed by atoms with van der Waals surface area (Å²) in [7, 11) is -3.30. The second-order valence-electron chi connectivity index (χ2n) is 7.34. The first-order valence-corrected chi connectivity index (χ1v) is 11.4. The van der Waals surface area contributed by atoms with Crippen molar-refractivity contribution in [3.05, 3.63) is 47.5 Å². The monoisotopic (exact) mass is 419 g/mol. The van der Waals surface area contributed by atoms with E-state index in [2.05, 4.69) is 23.1 Å². The molecule has 3 rings (SSSR count). The molecule has 3 aromatic rings. The highest BCUT2D eigenvalue weighted by atomic mass is 35.5. The zero-order valence-electron chi connectivity index (χ0n) is 16.4. The highest BCUT2D eigenvalue weighted by Gasteiger charge is 2.17. The Hall–Kier alpha value is -2.18. The van der Waals surface area contributed by atoms with Crippen LogP contribution < -0.4 is 10.5 Å². The van der Waals surface area contributed by atoms with Gasteiger partial charge in [0.05, 0.1) is 22.7 Å². The fourth-order valence-corrected chi connectivity index (χ4v) is 4.04. The number of aryl methyl sites for hydroxylation is 1. The minimum atomic E-state index is -3.30. The number of fused-ring (bicyclic) bond motifs is 1. The van der Waals surface area contributed by atoms with Crippen molar-refractivity contribution in [2.24, 2.45) is 5.92 Å². The van der Waals surface area contributed by atoms with Crippen molar-refractivity contribution in [1.82, 2.24) is 4.57 Å². The van der Waals surface area contributed by atoms with E-state index in [1.807, 2.05) is 30.3 Å². The summed E-state index contributed by atoms with van der Waals surface area (Å²) in [5.74, 6) is 0.593. The van der Waals surface area contributed by atoms with Gasteiger partial charge in [-0.15, -0.1) is 0 Å². The molecule has 2 aromatic carbocycles. The summed E-state index contributed by atoms with van der Waals surface area (Å²) in [5, 5.41) is 1.58. The Kier molecular flexibility index (Phi) is 5.91. The highest BCUT2D eigenvalue weighted by Crippen LogP contribution is 2.38. The van der Waals surface area contributed by atoms with Gasteiger partial charge < -0.3 is 10.3 Å². The molecule has 3 N–H and O–H groups in total. The van der Waals surface area contributed by atoms with Crippen molar-refractivity contribution >= 4 is 43.9 Å².